The van der Waals surface area contributed by atoms with E-state index in [1.165, 1.54) is 13.2 Å². The second kappa shape index (κ2) is 7.45. The largest absolute Gasteiger partial charge is 0.495 e. The van der Waals surface area contributed by atoms with Gasteiger partial charge >= 0.3 is 0 Å². The third-order valence-corrected chi connectivity index (χ3v) is 4.90. The second-order valence-electron chi connectivity index (χ2n) is 5.34. The Kier molecular flexibility index (Phi) is 5.09. The first-order valence-electron chi connectivity index (χ1n) is 7.67. The normalized spacial score (nSPS) is 11.0. The van der Waals surface area contributed by atoms with Gasteiger partial charge in [0, 0.05) is 5.69 Å². The van der Waals surface area contributed by atoms with Crippen LogP contribution in [0.5, 0.6) is 17.2 Å². The summed E-state index contributed by atoms with van der Waals surface area (Å²) in [5.41, 5.74) is 0.316. The topological polar surface area (TPSA) is 64.6 Å². The quantitative estimate of drug-likeness (QED) is 0.694. The lowest BCUT2D eigenvalue weighted by molar-refractivity contribution is 0.401. The fraction of sp³-hybridized carbons (Fsp3) is 0.0526. The lowest BCUT2D eigenvalue weighted by atomic mass is 10.3. The van der Waals surface area contributed by atoms with Gasteiger partial charge in [0.05, 0.1) is 7.11 Å². The highest BCUT2D eigenvalue weighted by Gasteiger charge is 2.20. The lowest BCUT2D eigenvalue weighted by Gasteiger charge is -2.12. The number of benzene rings is 3. The van der Waals surface area contributed by atoms with Crippen molar-refractivity contribution >= 4 is 15.7 Å². The van der Waals surface area contributed by atoms with E-state index in [0.717, 1.165) is 12.1 Å². The molecule has 134 valence electrons. The summed E-state index contributed by atoms with van der Waals surface area (Å²) in [6.07, 6.45) is 0. The minimum absolute atomic E-state index is 0.0583. The Morgan fingerprint density at radius 3 is 2.19 bits per heavy atom. The zero-order valence-electron chi connectivity index (χ0n) is 13.8. The van der Waals surface area contributed by atoms with Crippen LogP contribution in [0.25, 0.3) is 0 Å². The first-order valence-corrected chi connectivity index (χ1v) is 9.15. The van der Waals surface area contributed by atoms with E-state index in [2.05, 4.69) is 4.72 Å². The summed E-state index contributed by atoms with van der Waals surface area (Å²) in [6.45, 7) is 0. The Balaban J connectivity index is 1.79. The number of nitrogens with one attached hydrogen (secondary N) is 1. The Morgan fingerprint density at radius 2 is 1.54 bits per heavy atom. The summed E-state index contributed by atoms with van der Waals surface area (Å²) in [6, 6.07) is 18.9. The van der Waals surface area contributed by atoms with Gasteiger partial charge < -0.3 is 9.47 Å². The molecule has 0 amide bonds. The first kappa shape index (κ1) is 17.8. The van der Waals surface area contributed by atoms with E-state index < -0.39 is 15.8 Å². The van der Waals surface area contributed by atoms with Crippen LogP contribution in [0.3, 0.4) is 0 Å². The van der Waals surface area contributed by atoms with E-state index in [1.54, 1.807) is 24.3 Å². The molecule has 0 spiro atoms. The summed E-state index contributed by atoms with van der Waals surface area (Å²) in [5, 5.41) is 0. The van der Waals surface area contributed by atoms with E-state index in [0.29, 0.717) is 17.2 Å². The molecule has 0 fully saturated rings. The molecule has 3 aromatic rings. The summed E-state index contributed by atoms with van der Waals surface area (Å²) in [5.74, 6) is 0.619. The van der Waals surface area contributed by atoms with Gasteiger partial charge in [-0.1, -0.05) is 18.2 Å². The molecule has 26 heavy (non-hydrogen) atoms. The Labute approximate surface area is 151 Å². The van der Waals surface area contributed by atoms with Gasteiger partial charge in [0.25, 0.3) is 10.0 Å². The zero-order chi connectivity index (χ0) is 18.6. The van der Waals surface area contributed by atoms with Crippen molar-refractivity contribution in [1.82, 2.24) is 0 Å². The average Bonchev–Trinajstić information content (AvgIpc) is 2.64. The van der Waals surface area contributed by atoms with Crippen molar-refractivity contribution in [2.45, 2.75) is 4.90 Å². The molecule has 3 aromatic carbocycles. The van der Waals surface area contributed by atoms with Crippen molar-refractivity contribution in [1.29, 1.82) is 0 Å². The molecule has 7 heteroatoms. The van der Waals surface area contributed by atoms with E-state index in [-0.39, 0.29) is 10.6 Å². The van der Waals surface area contributed by atoms with Crippen molar-refractivity contribution in [3.8, 4) is 17.2 Å². The number of anilines is 1. The highest BCUT2D eigenvalue weighted by atomic mass is 32.2. The molecule has 0 radical (unpaired) electrons. The summed E-state index contributed by atoms with van der Waals surface area (Å²) < 4.78 is 51.5. The minimum Gasteiger partial charge on any atom is -0.495 e. The Hall–Kier alpha value is -3.06. The highest BCUT2D eigenvalue weighted by Crippen LogP contribution is 2.28. The molecular weight excluding hydrogens is 357 g/mol. The van der Waals surface area contributed by atoms with E-state index >= 15 is 0 Å². The van der Waals surface area contributed by atoms with Crippen molar-refractivity contribution in [2.75, 3.05) is 11.8 Å². The van der Waals surface area contributed by atoms with Gasteiger partial charge in [0.15, 0.2) is 0 Å². The van der Waals surface area contributed by atoms with Crippen molar-refractivity contribution in [2.24, 2.45) is 0 Å². The number of halogens is 1. The average molecular weight is 373 g/mol. The maximum atomic E-state index is 13.4. The molecule has 5 nitrogen and oxygen atoms in total. The fourth-order valence-electron chi connectivity index (χ4n) is 2.29. The van der Waals surface area contributed by atoms with Crippen LogP contribution < -0.4 is 14.2 Å². The van der Waals surface area contributed by atoms with Crippen LogP contribution in [0.15, 0.2) is 77.7 Å². The lowest BCUT2D eigenvalue weighted by Crippen LogP contribution is -2.14. The Morgan fingerprint density at radius 1 is 0.885 bits per heavy atom. The summed E-state index contributed by atoms with van der Waals surface area (Å²) >= 11 is 0. The Bertz CT molecular complexity index is 990. The van der Waals surface area contributed by atoms with Gasteiger partial charge in [-0.2, -0.15) is 0 Å². The van der Waals surface area contributed by atoms with Gasteiger partial charge in [-0.3, -0.25) is 4.72 Å². The maximum absolute atomic E-state index is 13.4. The minimum atomic E-state index is -4.01. The standard InChI is InChI=1S/C19H16FNO4S/c1-24-18-12-7-14(20)13-19(18)26(22,23)21-15-8-10-17(11-9-15)25-16-5-3-2-4-6-16/h2-13,21H,1H3. The number of hydrogen-bond donors (Lipinski definition) is 1. The maximum Gasteiger partial charge on any atom is 0.265 e. The molecule has 0 heterocycles. The van der Waals surface area contributed by atoms with Crippen LogP contribution >= 0.6 is 0 Å². The van der Waals surface area contributed by atoms with Crippen LogP contribution in [0, 0.1) is 5.82 Å². The molecule has 0 unspecified atom stereocenters. The molecule has 1 N–H and O–H groups in total. The number of methoxy groups -OCH3 is 1. The van der Waals surface area contributed by atoms with Crippen molar-refractivity contribution < 1.29 is 22.3 Å². The van der Waals surface area contributed by atoms with Gasteiger partial charge in [-0.25, -0.2) is 12.8 Å². The number of hydrogen-bond acceptors (Lipinski definition) is 4. The van der Waals surface area contributed by atoms with Crippen LogP contribution in [0.2, 0.25) is 0 Å². The SMILES string of the molecule is COc1ccc(F)cc1S(=O)(=O)Nc1ccc(Oc2ccccc2)cc1. The van der Waals surface area contributed by atoms with Crippen molar-refractivity contribution in [3.63, 3.8) is 0 Å². The monoisotopic (exact) mass is 373 g/mol. The van der Waals surface area contributed by atoms with Crippen LogP contribution in [0.4, 0.5) is 10.1 Å². The van der Waals surface area contributed by atoms with Crippen LogP contribution in [-0.2, 0) is 10.0 Å². The predicted molar refractivity (Wildman–Crippen MR) is 96.7 cm³/mol. The number of sulfonamides is 1. The third kappa shape index (κ3) is 4.12. The molecule has 0 aromatic heterocycles. The van der Waals surface area contributed by atoms with Crippen LogP contribution in [0.1, 0.15) is 0 Å². The van der Waals surface area contributed by atoms with Crippen molar-refractivity contribution in [3.05, 3.63) is 78.6 Å². The number of ether oxygens (including phenoxy) is 2. The molecule has 3 rings (SSSR count). The first-order chi connectivity index (χ1) is 12.5. The third-order valence-electron chi connectivity index (χ3n) is 3.50. The molecule has 0 bridgehead atoms. The predicted octanol–water partition coefficient (Wildman–Crippen LogP) is 4.43. The molecule has 0 aliphatic carbocycles. The molecule has 0 saturated carbocycles. The smallest absolute Gasteiger partial charge is 0.265 e. The van der Waals surface area contributed by atoms with Gasteiger partial charge in [0.1, 0.15) is 28.0 Å². The zero-order valence-corrected chi connectivity index (χ0v) is 14.7. The molecule has 0 aliphatic rings. The van der Waals surface area contributed by atoms with E-state index in [1.807, 2.05) is 30.3 Å². The molecule has 0 atom stereocenters. The van der Waals surface area contributed by atoms with Crippen LogP contribution in [-0.4, -0.2) is 15.5 Å². The number of para-hydroxylation sites is 1. The highest BCUT2D eigenvalue weighted by molar-refractivity contribution is 7.92. The van der Waals surface area contributed by atoms with E-state index in [4.69, 9.17) is 9.47 Å². The van der Waals surface area contributed by atoms with Gasteiger partial charge in [-0.15, -0.1) is 0 Å². The fourth-order valence-corrected chi connectivity index (χ4v) is 3.53. The molecule has 0 aliphatic heterocycles. The summed E-state index contributed by atoms with van der Waals surface area (Å²) in [7, 11) is -2.68. The van der Waals surface area contributed by atoms with E-state index in [9.17, 15) is 12.8 Å². The second-order valence-corrected chi connectivity index (χ2v) is 6.99. The molecule has 0 saturated heterocycles. The van der Waals surface area contributed by atoms with Gasteiger partial charge in [0.2, 0.25) is 0 Å². The number of rotatable bonds is 6. The molecular formula is C19H16FNO4S. The summed E-state index contributed by atoms with van der Waals surface area (Å²) in [4.78, 5) is -0.274. The van der Waals surface area contributed by atoms with Gasteiger partial charge in [-0.05, 0) is 54.6 Å².